The molecule has 1 aromatic carbocycles. The van der Waals surface area contributed by atoms with Crippen LogP contribution in [0.5, 0.6) is 0 Å². The molecule has 0 aliphatic carbocycles. The summed E-state index contributed by atoms with van der Waals surface area (Å²) in [6.45, 7) is 1.47. The number of hydrogen-bond donors (Lipinski definition) is 0. The monoisotopic (exact) mass is 415 g/mol. The zero-order valence-corrected chi connectivity index (χ0v) is 17.4. The zero-order chi connectivity index (χ0) is 19.8. The van der Waals surface area contributed by atoms with Crippen molar-refractivity contribution in [2.75, 3.05) is 19.9 Å². The SMILES string of the molecule is C[C@H](COS(C)(=O)=O)OC(=O)[C@H]1[C@@H](c2ccc(Cl)cc2)C[C@@H]2CC[C@H]1N2C. The molecule has 2 aliphatic rings. The summed E-state index contributed by atoms with van der Waals surface area (Å²) in [7, 11) is -1.50. The number of hydrogen-bond acceptors (Lipinski definition) is 6. The molecular weight excluding hydrogens is 390 g/mol. The molecule has 2 bridgehead atoms. The molecule has 6 nitrogen and oxygen atoms in total. The van der Waals surface area contributed by atoms with Crippen molar-refractivity contribution in [1.29, 1.82) is 0 Å². The van der Waals surface area contributed by atoms with Gasteiger partial charge < -0.3 is 4.74 Å². The minimum atomic E-state index is -3.57. The van der Waals surface area contributed by atoms with E-state index in [1.165, 1.54) is 0 Å². The topological polar surface area (TPSA) is 72.9 Å². The highest BCUT2D eigenvalue weighted by Crippen LogP contribution is 2.46. The molecule has 3 rings (SSSR count). The standard InChI is InChI=1S/C19H26ClNO5S/c1-12(11-25-27(3,23)24)26-19(22)18-16(13-4-6-14(20)7-5-13)10-15-8-9-17(18)21(15)2/h4-7,12,15-18H,8-11H2,1-3H3/t12-,15+,16-,17-,18+/m1/s1. The fourth-order valence-corrected chi connectivity index (χ4v) is 4.94. The predicted octanol–water partition coefficient (Wildman–Crippen LogP) is 2.81. The van der Waals surface area contributed by atoms with Crippen LogP contribution in [0.3, 0.4) is 0 Å². The van der Waals surface area contributed by atoms with Gasteiger partial charge in [-0.05, 0) is 50.9 Å². The van der Waals surface area contributed by atoms with Gasteiger partial charge >= 0.3 is 5.97 Å². The number of benzene rings is 1. The first kappa shape index (κ1) is 20.6. The molecule has 0 spiro atoms. The quantitative estimate of drug-likeness (QED) is 0.525. The Bertz CT molecular complexity index is 782. The summed E-state index contributed by atoms with van der Waals surface area (Å²) in [5.74, 6) is -0.529. The second-order valence-electron chi connectivity index (χ2n) is 7.62. The first-order valence-corrected chi connectivity index (χ1v) is 11.4. The molecule has 27 heavy (non-hydrogen) atoms. The first-order valence-electron chi connectivity index (χ1n) is 9.18. The molecule has 2 aliphatic heterocycles. The van der Waals surface area contributed by atoms with Crippen molar-refractivity contribution >= 4 is 27.7 Å². The van der Waals surface area contributed by atoms with Gasteiger partial charge in [-0.3, -0.25) is 13.9 Å². The van der Waals surface area contributed by atoms with Gasteiger partial charge in [0.15, 0.2) is 0 Å². The molecule has 8 heteroatoms. The number of esters is 1. The van der Waals surface area contributed by atoms with Gasteiger partial charge in [0.1, 0.15) is 12.7 Å². The lowest BCUT2D eigenvalue weighted by atomic mass is 9.76. The van der Waals surface area contributed by atoms with Gasteiger partial charge in [0.25, 0.3) is 10.1 Å². The molecule has 0 saturated carbocycles. The van der Waals surface area contributed by atoms with Gasteiger partial charge in [0.2, 0.25) is 0 Å². The molecule has 2 heterocycles. The van der Waals surface area contributed by atoms with Gasteiger partial charge in [-0.2, -0.15) is 8.42 Å². The summed E-state index contributed by atoms with van der Waals surface area (Å²) in [6.07, 6.45) is 3.26. The second-order valence-corrected chi connectivity index (χ2v) is 9.70. The maximum atomic E-state index is 13.0. The van der Waals surface area contributed by atoms with Crippen LogP contribution < -0.4 is 0 Å². The van der Waals surface area contributed by atoms with Crippen molar-refractivity contribution in [3.63, 3.8) is 0 Å². The molecule has 5 atom stereocenters. The second kappa shape index (κ2) is 8.07. The van der Waals surface area contributed by atoms with Crippen molar-refractivity contribution < 1.29 is 22.1 Å². The molecule has 2 saturated heterocycles. The number of carbonyl (C=O) groups is 1. The van der Waals surface area contributed by atoms with Gasteiger partial charge in [0.05, 0.1) is 12.2 Å². The lowest BCUT2D eigenvalue weighted by Crippen LogP contribution is -2.49. The van der Waals surface area contributed by atoms with E-state index < -0.39 is 16.2 Å². The van der Waals surface area contributed by atoms with Crippen LogP contribution in [0, 0.1) is 5.92 Å². The van der Waals surface area contributed by atoms with E-state index >= 15 is 0 Å². The van der Waals surface area contributed by atoms with Crippen LogP contribution in [0.4, 0.5) is 0 Å². The number of fused-ring (bicyclic) bond motifs is 2. The number of carbonyl (C=O) groups excluding carboxylic acids is 1. The van der Waals surface area contributed by atoms with Gasteiger partial charge in [-0.25, -0.2) is 0 Å². The Labute approximate surface area is 165 Å². The summed E-state index contributed by atoms with van der Waals surface area (Å²) in [6, 6.07) is 8.25. The van der Waals surface area contributed by atoms with Gasteiger partial charge in [-0.1, -0.05) is 23.7 Å². The average molecular weight is 416 g/mol. The largest absolute Gasteiger partial charge is 0.460 e. The summed E-state index contributed by atoms with van der Waals surface area (Å²) < 4.78 is 32.6. The molecule has 0 amide bonds. The third-order valence-corrected chi connectivity index (χ3v) is 6.49. The smallest absolute Gasteiger partial charge is 0.311 e. The highest BCUT2D eigenvalue weighted by atomic mass is 35.5. The van der Waals surface area contributed by atoms with Crippen LogP contribution in [0.25, 0.3) is 0 Å². The molecule has 1 aromatic rings. The van der Waals surface area contributed by atoms with Crippen LogP contribution in [0.1, 0.15) is 37.7 Å². The Kier molecular flexibility index (Phi) is 6.15. The van der Waals surface area contributed by atoms with E-state index in [1.54, 1.807) is 6.92 Å². The fourth-order valence-electron chi connectivity index (χ4n) is 4.37. The van der Waals surface area contributed by atoms with E-state index in [1.807, 2.05) is 24.3 Å². The van der Waals surface area contributed by atoms with E-state index in [0.29, 0.717) is 11.1 Å². The van der Waals surface area contributed by atoms with E-state index in [0.717, 1.165) is 31.1 Å². The molecule has 150 valence electrons. The van der Waals surface area contributed by atoms with Crippen molar-refractivity contribution in [2.45, 2.75) is 50.3 Å². The summed E-state index contributed by atoms with van der Waals surface area (Å²) in [5.41, 5.74) is 1.09. The summed E-state index contributed by atoms with van der Waals surface area (Å²) in [5, 5.41) is 0.667. The minimum Gasteiger partial charge on any atom is -0.460 e. The molecular formula is C19H26ClNO5S. The van der Waals surface area contributed by atoms with E-state index in [-0.39, 0.29) is 30.5 Å². The molecule has 0 N–H and O–H groups in total. The Balaban J connectivity index is 1.77. The molecule has 0 radical (unpaired) electrons. The van der Waals surface area contributed by atoms with Crippen molar-refractivity contribution in [1.82, 2.24) is 4.90 Å². The number of nitrogens with zero attached hydrogens (tertiary/aromatic N) is 1. The van der Waals surface area contributed by atoms with E-state index in [2.05, 4.69) is 11.9 Å². The predicted molar refractivity (Wildman–Crippen MR) is 103 cm³/mol. The first-order chi connectivity index (χ1) is 12.7. The molecule has 0 aromatic heterocycles. The van der Waals surface area contributed by atoms with Crippen molar-refractivity contribution in [3.8, 4) is 0 Å². The lowest BCUT2D eigenvalue weighted by molar-refractivity contribution is -0.159. The van der Waals surface area contributed by atoms with Crippen LogP contribution in [-0.2, 0) is 23.8 Å². The Morgan fingerprint density at radius 2 is 1.96 bits per heavy atom. The van der Waals surface area contributed by atoms with Crippen molar-refractivity contribution in [3.05, 3.63) is 34.9 Å². The van der Waals surface area contributed by atoms with Crippen LogP contribution in [0.15, 0.2) is 24.3 Å². The summed E-state index contributed by atoms with van der Waals surface area (Å²) in [4.78, 5) is 15.3. The highest BCUT2D eigenvalue weighted by Gasteiger charge is 2.50. The van der Waals surface area contributed by atoms with E-state index in [4.69, 9.17) is 20.5 Å². The Hall–Kier alpha value is -1.15. The third-order valence-electron chi connectivity index (χ3n) is 5.67. The summed E-state index contributed by atoms with van der Waals surface area (Å²) >= 11 is 6.02. The van der Waals surface area contributed by atoms with Crippen molar-refractivity contribution in [2.24, 2.45) is 5.92 Å². The third kappa shape index (κ3) is 4.83. The highest BCUT2D eigenvalue weighted by molar-refractivity contribution is 7.85. The fraction of sp³-hybridized carbons (Fsp3) is 0.632. The lowest BCUT2D eigenvalue weighted by Gasteiger charge is -2.42. The Morgan fingerprint density at radius 3 is 2.59 bits per heavy atom. The number of halogens is 1. The maximum Gasteiger partial charge on any atom is 0.311 e. The Morgan fingerprint density at radius 1 is 1.30 bits per heavy atom. The minimum absolute atomic E-state index is 0.0616. The van der Waals surface area contributed by atoms with Gasteiger partial charge in [-0.15, -0.1) is 0 Å². The van der Waals surface area contributed by atoms with E-state index in [9.17, 15) is 13.2 Å². The maximum absolute atomic E-state index is 13.0. The number of rotatable bonds is 6. The molecule has 0 unspecified atom stereocenters. The van der Waals surface area contributed by atoms with Crippen LogP contribution in [0.2, 0.25) is 5.02 Å². The van der Waals surface area contributed by atoms with Crippen LogP contribution in [-0.4, -0.2) is 57.4 Å². The zero-order valence-electron chi connectivity index (χ0n) is 15.8. The van der Waals surface area contributed by atoms with Gasteiger partial charge in [0, 0.05) is 23.0 Å². The molecule has 2 fully saturated rings. The number of ether oxygens (including phenoxy) is 1. The van der Waals surface area contributed by atoms with Crippen LogP contribution >= 0.6 is 11.6 Å². The average Bonchev–Trinajstić information content (AvgIpc) is 2.82. The number of piperidine rings is 1. The normalized spacial score (nSPS) is 29.5.